The van der Waals surface area contributed by atoms with Crippen molar-refractivity contribution in [1.82, 2.24) is 10.6 Å². The van der Waals surface area contributed by atoms with Gasteiger partial charge in [0.2, 0.25) is 0 Å². The smallest absolute Gasteiger partial charge is 0.258 e. The fourth-order valence-corrected chi connectivity index (χ4v) is 5.80. The Morgan fingerprint density at radius 1 is 0.613 bits per heavy atom. The first-order valence-corrected chi connectivity index (χ1v) is 13.1. The van der Waals surface area contributed by atoms with Crippen LogP contribution in [0.5, 0.6) is 0 Å². The van der Waals surface area contributed by atoms with Crippen molar-refractivity contribution in [3.05, 3.63) is 34.2 Å². The molecular weight excluding hydrogens is 384 g/mol. The number of allylic oxidation sites excluding steroid dienone is 3. The lowest BCUT2D eigenvalue weighted by molar-refractivity contribution is -0.117. The van der Waals surface area contributed by atoms with Gasteiger partial charge in [-0.15, -0.1) is 0 Å². The maximum Gasteiger partial charge on any atom is 0.258 e. The largest absolute Gasteiger partial charge is 0.325 e. The maximum atomic E-state index is 13.1. The van der Waals surface area contributed by atoms with Gasteiger partial charge in [0.25, 0.3) is 11.8 Å². The third kappa shape index (κ3) is 5.51. The van der Waals surface area contributed by atoms with E-state index in [0.717, 1.165) is 43.5 Å². The first-order chi connectivity index (χ1) is 15.3. The topological polar surface area (TPSA) is 58.2 Å². The predicted molar refractivity (Wildman–Crippen MR) is 125 cm³/mol. The zero-order valence-corrected chi connectivity index (χ0v) is 19.2. The van der Waals surface area contributed by atoms with Crippen molar-refractivity contribution in [3.63, 3.8) is 0 Å². The van der Waals surface area contributed by atoms with Crippen molar-refractivity contribution < 1.29 is 9.59 Å². The molecule has 4 rings (SSSR count). The average molecular weight is 425 g/mol. The van der Waals surface area contributed by atoms with E-state index in [1.54, 1.807) is 0 Å². The molecule has 170 valence electrons. The number of carbonyl (C=O) groups excluding carboxylic acids is 2. The molecule has 0 aromatic carbocycles. The van der Waals surface area contributed by atoms with Crippen molar-refractivity contribution >= 4 is 11.8 Å². The molecule has 31 heavy (non-hydrogen) atoms. The van der Waals surface area contributed by atoms with Gasteiger partial charge in [0.1, 0.15) is 0 Å². The van der Waals surface area contributed by atoms with E-state index in [2.05, 4.69) is 16.7 Å². The quantitative estimate of drug-likeness (QED) is 0.543. The molecule has 2 amide bonds. The summed E-state index contributed by atoms with van der Waals surface area (Å²) in [6.07, 6.45) is 24.1. The fourth-order valence-electron chi connectivity index (χ4n) is 5.80. The zero-order valence-electron chi connectivity index (χ0n) is 19.2. The Morgan fingerprint density at radius 2 is 1.16 bits per heavy atom. The summed E-state index contributed by atoms with van der Waals surface area (Å²) in [5, 5.41) is 6.29. The Bertz CT molecular complexity index is 762. The highest BCUT2D eigenvalue weighted by Gasteiger charge is 2.42. The Hall–Kier alpha value is -1.84. The van der Waals surface area contributed by atoms with E-state index in [-0.39, 0.29) is 11.8 Å². The number of rotatable bonds is 2. The van der Waals surface area contributed by atoms with Gasteiger partial charge in [-0.2, -0.15) is 0 Å². The van der Waals surface area contributed by atoms with E-state index in [4.69, 9.17) is 0 Å². The Labute approximate surface area is 188 Å². The van der Waals surface area contributed by atoms with Crippen molar-refractivity contribution in [2.24, 2.45) is 5.92 Å². The van der Waals surface area contributed by atoms with Gasteiger partial charge in [0.15, 0.2) is 0 Å². The van der Waals surface area contributed by atoms with E-state index >= 15 is 0 Å². The van der Waals surface area contributed by atoms with E-state index in [9.17, 15) is 9.59 Å². The van der Waals surface area contributed by atoms with Crippen LogP contribution in [0, 0.1) is 5.92 Å². The molecule has 4 nitrogen and oxygen atoms in total. The molecule has 2 heterocycles. The summed E-state index contributed by atoms with van der Waals surface area (Å²) < 4.78 is 0. The normalized spacial score (nSPS) is 27.2. The third-order valence-corrected chi connectivity index (χ3v) is 7.59. The number of carbonyl (C=O) groups is 2. The molecule has 0 aromatic rings. The molecule has 2 N–H and O–H groups in total. The van der Waals surface area contributed by atoms with Gasteiger partial charge >= 0.3 is 0 Å². The first-order valence-electron chi connectivity index (χ1n) is 13.1. The minimum absolute atomic E-state index is 0.0642. The van der Waals surface area contributed by atoms with Gasteiger partial charge in [-0.3, -0.25) is 9.59 Å². The minimum Gasteiger partial charge on any atom is -0.325 e. The number of nitrogens with one attached hydrogen (secondary N) is 2. The van der Waals surface area contributed by atoms with Gasteiger partial charge < -0.3 is 10.6 Å². The van der Waals surface area contributed by atoms with Gasteiger partial charge in [-0.1, -0.05) is 83.1 Å². The summed E-state index contributed by atoms with van der Waals surface area (Å²) in [6, 6.07) is 0. The standard InChI is InChI=1S/C27H40N2O2/c30-26-22-23(25(29-26)21-18-14-10-6-3-7-11-15-19-21)27(31)28-24(22)20-16-12-8-4-1-2-5-9-13-17-20/h18,20H,1-17,19H2,(H,28,31)(H,29,30)/b21-18+. The minimum atomic E-state index is -0.0642. The van der Waals surface area contributed by atoms with Crippen LogP contribution in [0.15, 0.2) is 34.2 Å². The molecule has 0 saturated heterocycles. The van der Waals surface area contributed by atoms with Gasteiger partial charge in [0, 0.05) is 5.70 Å². The summed E-state index contributed by atoms with van der Waals surface area (Å²) in [5.74, 6) is 0.175. The van der Waals surface area contributed by atoms with Crippen LogP contribution in [-0.4, -0.2) is 11.8 Å². The van der Waals surface area contributed by atoms with E-state index in [1.165, 1.54) is 89.0 Å². The van der Waals surface area contributed by atoms with E-state index < -0.39 is 0 Å². The Balaban J connectivity index is 1.61. The molecular formula is C27H40N2O2. The lowest BCUT2D eigenvalue weighted by Gasteiger charge is -2.19. The molecule has 0 atom stereocenters. The SMILES string of the molecule is O=C1NC(C2CCCCCCCCCC2)=C2C(=O)NC(/C3=C/CCCCCCCC3)=C12. The lowest BCUT2D eigenvalue weighted by atomic mass is 9.89. The van der Waals surface area contributed by atoms with Crippen molar-refractivity contribution in [3.8, 4) is 0 Å². The fraction of sp³-hybridized carbons (Fsp3) is 0.704. The monoisotopic (exact) mass is 424 g/mol. The van der Waals surface area contributed by atoms with Crippen LogP contribution in [0.1, 0.15) is 116 Å². The van der Waals surface area contributed by atoms with Crippen molar-refractivity contribution in [1.29, 1.82) is 0 Å². The molecule has 2 aliphatic heterocycles. The van der Waals surface area contributed by atoms with Gasteiger partial charge in [0.05, 0.1) is 16.8 Å². The molecule has 0 spiro atoms. The van der Waals surface area contributed by atoms with E-state index in [1.807, 2.05) is 0 Å². The molecule has 0 unspecified atom stereocenters. The van der Waals surface area contributed by atoms with Crippen LogP contribution in [0.3, 0.4) is 0 Å². The molecule has 1 fully saturated rings. The summed E-state index contributed by atoms with van der Waals surface area (Å²) in [7, 11) is 0. The molecule has 0 bridgehead atoms. The second-order valence-electron chi connectivity index (χ2n) is 9.94. The predicted octanol–water partition coefficient (Wildman–Crippen LogP) is 6.35. The maximum absolute atomic E-state index is 13.1. The molecule has 2 aliphatic carbocycles. The third-order valence-electron chi connectivity index (χ3n) is 7.59. The van der Waals surface area contributed by atoms with Crippen LogP contribution < -0.4 is 10.6 Å². The van der Waals surface area contributed by atoms with Crippen molar-refractivity contribution in [2.45, 2.75) is 116 Å². The highest BCUT2D eigenvalue weighted by Crippen LogP contribution is 2.39. The van der Waals surface area contributed by atoms with Crippen LogP contribution in [0.25, 0.3) is 0 Å². The number of fused-ring (bicyclic) bond motifs is 1. The second-order valence-corrected chi connectivity index (χ2v) is 9.94. The molecule has 0 radical (unpaired) electrons. The highest BCUT2D eigenvalue weighted by atomic mass is 16.2. The highest BCUT2D eigenvalue weighted by molar-refractivity contribution is 6.20. The van der Waals surface area contributed by atoms with Crippen LogP contribution in [-0.2, 0) is 9.59 Å². The summed E-state index contributed by atoms with van der Waals surface area (Å²) in [4.78, 5) is 26.2. The van der Waals surface area contributed by atoms with Gasteiger partial charge in [-0.25, -0.2) is 0 Å². The van der Waals surface area contributed by atoms with Gasteiger partial charge in [-0.05, 0) is 50.0 Å². The van der Waals surface area contributed by atoms with Crippen LogP contribution in [0.4, 0.5) is 0 Å². The molecule has 4 aliphatic rings. The number of hydrogen-bond donors (Lipinski definition) is 2. The summed E-state index contributed by atoms with van der Waals surface area (Å²) in [6.45, 7) is 0. The van der Waals surface area contributed by atoms with E-state index in [0.29, 0.717) is 17.1 Å². The number of amides is 2. The summed E-state index contributed by atoms with van der Waals surface area (Å²) in [5.41, 5.74) is 4.21. The molecule has 4 heteroatoms. The number of hydrogen-bond acceptors (Lipinski definition) is 2. The summed E-state index contributed by atoms with van der Waals surface area (Å²) >= 11 is 0. The molecule has 0 aromatic heterocycles. The Kier molecular flexibility index (Phi) is 8.04. The zero-order chi connectivity index (χ0) is 21.5. The average Bonchev–Trinajstić information content (AvgIpc) is 3.27. The second kappa shape index (κ2) is 11.2. The molecule has 1 saturated carbocycles. The van der Waals surface area contributed by atoms with Crippen molar-refractivity contribution in [2.75, 3.05) is 0 Å². The van der Waals surface area contributed by atoms with Crippen LogP contribution >= 0.6 is 0 Å². The first kappa shape index (κ1) is 22.4. The van der Waals surface area contributed by atoms with Crippen LogP contribution in [0.2, 0.25) is 0 Å². The Morgan fingerprint density at radius 3 is 1.84 bits per heavy atom. The lowest BCUT2D eigenvalue weighted by Crippen LogP contribution is -2.26.